The summed E-state index contributed by atoms with van der Waals surface area (Å²) in [6, 6.07) is 6.16. The van der Waals surface area contributed by atoms with Crippen LogP contribution in [-0.2, 0) is 7.05 Å². The number of ether oxygens (including phenoxy) is 1. The van der Waals surface area contributed by atoms with Crippen molar-refractivity contribution in [1.82, 2.24) is 14.8 Å². The molecule has 0 saturated heterocycles. The number of hydrogen-bond acceptors (Lipinski definition) is 3. The topological polar surface area (TPSA) is 42.8 Å². The summed E-state index contributed by atoms with van der Waals surface area (Å²) in [7, 11) is 1.88. The van der Waals surface area contributed by atoms with E-state index >= 15 is 0 Å². The summed E-state index contributed by atoms with van der Waals surface area (Å²) in [4.78, 5) is 0. The number of nitrogens with one attached hydrogen (secondary N) is 1. The highest BCUT2D eigenvalue weighted by molar-refractivity contribution is 7.71. The van der Waals surface area contributed by atoms with Gasteiger partial charge in [0, 0.05) is 7.05 Å². The van der Waals surface area contributed by atoms with Gasteiger partial charge in [0.2, 0.25) is 0 Å². The van der Waals surface area contributed by atoms with Crippen LogP contribution in [0.25, 0.3) is 0 Å². The third kappa shape index (κ3) is 2.61. The Morgan fingerprint density at radius 2 is 1.89 bits per heavy atom. The molecule has 1 N–H and O–H groups in total. The molecule has 0 fully saturated rings. The summed E-state index contributed by atoms with van der Waals surface area (Å²) in [5.74, 6) is 1.65. The van der Waals surface area contributed by atoms with Crippen LogP contribution in [0.3, 0.4) is 0 Å². The zero-order valence-corrected chi connectivity index (χ0v) is 11.8. The second-order valence-corrected chi connectivity index (χ2v) is 4.92. The van der Waals surface area contributed by atoms with E-state index in [9.17, 15) is 0 Å². The van der Waals surface area contributed by atoms with E-state index in [0.29, 0.717) is 4.77 Å². The van der Waals surface area contributed by atoms with Gasteiger partial charge < -0.3 is 9.30 Å². The molecule has 2 rings (SSSR count). The molecule has 0 aliphatic rings. The van der Waals surface area contributed by atoms with Gasteiger partial charge in [-0.1, -0.05) is 6.07 Å². The average Bonchev–Trinajstić information content (AvgIpc) is 2.58. The molecule has 1 atom stereocenters. The Hall–Kier alpha value is -1.62. The number of aromatic amines is 1. The number of aromatic nitrogens is 3. The van der Waals surface area contributed by atoms with Crippen molar-refractivity contribution in [2.24, 2.45) is 7.05 Å². The Balaban J connectivity index is 2.23. The fourth-order valence-electron chi connectivity index (χ4n) is 1.98. The van der Waals surface area contributed by atoms with Crippen molar-refractivity contribution >= 4 is 12.2 Å². The normalized spacial score (nSPS) is 12.4. The van der Waals surface area contributed by atoms with Crippen molar-refractivity contribution in [3.8, 4) is 5.75 Å². The molecule has 0 spiro atoms. The molecule has 4 nitrogen and oxygen atoms in total. The second-order valence-electron chi connectivity index (χ2n) is 4.53. The highest BCUT2D eigenvalue weighted by Crippen LogP contribution is 2.22. The fraction of sp³-hybridized carbons (Fsp3) is 0.385. The molecule has 5 heteroatoms. The summed E-state index contributed by atoms with van der Waals surface area (Å²) in [5, 5.41) is 6.94. The van der Waals surface area contributed by atoms with Gasteiger partial charge in [0.15, 0.2) is 16.7 Å². The quantitative estimate of drug-likeness (QED) is 0.864. The third-order valence-electron chi connectivity index (χ3n) is 2.79. The van der Waals surface area contributed by atoms with Crippen LogP contribution >= 0.6 is 12.2 Å². The van der Waals surface area contributed by atoms with Gasteiger partial charge in [0.25, 0.3) is 0 Å². The van der Waals surface area contributed by atoms with Crippen molar-refractivity contribution < 1.29 is 4.74 Å². The van der Waals surface area contributed by atoms with Crippen molar-refractivity contribution in [2.75, 3.05) is 0 Å². The van der Waals surface area contributed by atoms with Crippen LogP contribution in [0.5, 0.6) is 5.75 Å². The number of nitrogens with zero attached hydrogens (tertiary/aromatic N) is 2. The molecular weight excluding hydrogens is 246 g/mol. The van der Waals surface area contributed by atoms with E-state index < -0.39 is 0 Å². The molecule has 0 amide bonds. The minimum Gasteiger partial charge on any atom is -0.483 e. The first-order valence-corrected chi connectivity index (χ1v) is 6.24. The molecule has 0 aliphatic heterocycles. The summed E-state index contributed by atoms with van der Waals surface area (Å²) in [5.41, 5.74) is 2.38. The first-order valence-electron chi connectivity index (χ1n) is 5.83. The summed E-state index contributed by atoms with van der Waals surface area (Å²) in [6.45, 7) is 6.07. The zero-order chi connectivity index (χ0) is 13.3. The van der Waals surface area contributed by atoms with Gasteiger partial charge in [-0.2, -0.15) is 5.10 Å². The van der Waals surface area contributed by atoms with E-state index in [1.807, 2.05) is 30.7 Å². The van der Waals surface area contributed by atoms with Crippen LogP contribution in [0.15, 0.2) is 18.2 Å². The molecule has 0 bridgehead atoms. The first kappa shape index (κ1) is 12.8. The molecule has 0 unspecified atom stereocenters. The van der Waals surface area contributed by atoms with E-state index in [0.717, 1.165) is 11.6 Å². The number of hydrogen-bond donors (Lipinski definition) is 1. The van der Waals surface area contributed by atoms with Crippen molar-refractivity contribution in [3.05, 3.63) is 39.9 Å². The first-order chi connectivity index (χ1) is 8.47. The summed E-state index contributed by atoms with van der Waals surface area (Å²) in [6.07, 6.45) is -0.149. The molecule has 2 aromatic rings. The lowest BCUT2D eigenvalue weighted by Gasteiger charge is -2.14. The minimum absolute atomic E-state index is 0.149. The maximum Gasteiger partial charge on any atom is 0.195 e. The SMILES string of the molecule is Cc1cc(C)cc(O[C@H](C)c2n[nH]c(=S)n2C)c1. The predicted octanol–water partition coefficient (Wildman–Crippen LogP) is 3.23. The standard InChI is InChI=1S/C13H17N3OS/c1-8-5-9(2)7-11(6-8)17-10(3)12-14-15-13(18)16(12)4/h5-7,10H,1-4H3,(H,15,18)/t10-/m1/s1. The average molecular weight is 263 g/mol. The molecular formula is C13H17N3OS. The van der Waals surface area contributed by atoms with E-state index in [1.165, 1.54) is 11.1 Å². The lowest BCUT2D eigenvalue weighted by molar-refractivity contribution is 0.212. The Bertz CT molecular complexity index is 595. The molecule has 96 valence electrons. The molecule has 0 saturated carbocycles. The fourth-order valence-corrected chi connectivity index (χ4v) is 2.12. The van der Waals surface area contributed by atoms with Crippen molar-refractivity contribution in [1.29, 1.82) is 0 Å². The van der Waals surface area contributed by atoms with Gasteiger partial charge in [-0.15, -0.1) is 0 Å². The van der Waals surface area contributed by atoms with Crippen LogP contribution in [0.2, 0.25) is 0 Å². The molecule has 1 aromatic carbocycles. The monoisotopic (exact) mass is 263 g/mol. The Morgan fingerprint density at radius 3 is 2.39 bits per heavy atom. The lowest BCUT2D eigenvalue weighted by Crippen LogP contribution is -2.09. The Kier molecular flexibility index (Phi) is 3.52. The van der Waals surface area contributed by atoms with Crippen molar-refractivity contribution in [3.63, 3.8) is 0 Å². The number of aryl methyl sites for hydroxylation is 2. The summed E-state index contributed by atoms with van der Waals surface area (Å²) >= 11 is 5.09. The van der Waals surface area contributed by atoms with Gasteiger partial charge in [0.05, 0.1) is 0 Å². The van der Waals surface area contributed by atoms with Crippen molar-refractivity contribution in [2.45, 2.75) is 26.9 Å². The van der Waals surface area contributed by atoms with E-state index in [1.54, 1.807) is 0 Å². The highest BCUT2D eigenvalue weighted by Gasteiger charge is 2.13. The second kappa shape index (κ2) is 4.94. The maximum atomic E-state index is 5.91. The molecule has 1 heterocycles. The Morgan fingerprint density at radius 1 is 1.28 bits per heavy atom. The van der Waals surface area contributed by atoms with Crippen LogP contribution in [-0.4, -0.2) is 14.8 Å². The smallest absolute Gasteiger partial charge is 0.195 e. The predicted molar refractivity (Wildman–Crippen MR) is 73.4 cm³/mol. The third-order valence-corrected chi connectivity index (χ3v) is 3.15. The number of H-pyrrole nitrogens is 1. The summed E-state index contributed by atoms with van der Waals surface area (Å²) < 4.78 is 8.33. The van der Waals surface area contributed by atoms with Gasteiger partial charge in [-0.05, 0) is 56.2 Å². The van der Waals surface area contributed by atoms with Gasteiger partial charge in [-0.3, -0.25) is 5.10 Å². The van der Waals surface area contributed by atoms with Crippen LogP contribution < -0.4 is 4.74 Å². The van der Waals surface area contributed by atoms with Gasteiger partial charge in [-0.25, -0.2) is 0 Å². The van der Waals surface area contributed by atoms with Crippen LogP contribution in [0, 0.1) is 18.6 Å². The zero-order valence-electron chi connectivity index (χ0n) is 11.0. The lowest BCUT2D eigenvalue weighted by atomic mass is 10.1. The van der Waals surface area contributed by atoms with Crippen LogP contribution in [0.1, 0.15) is 30.0 Å². The van der Waals surface area contributed by atoms with E-state index in [4.69, 9.17) is 17.0 Å². The largest absolute Gasteiger partial charge is 0.483 e. The van der Waals surface area contributed by atoms with Gasteiger partial charge in [0.1, 0.15) is 5.75 Å². The van der Waals surface area contributed by atoms with E-state index in [-0.39, 0.29) is 6.10 Å². The molecule has 0 aliphatic carbocycles. The van der Waals surface area contributed by atoms with Gasteiger partial charge >= 0.3 is 0 Å². The Labute approximate surface area is 112 Å². The minimum atomic E-state index is -0.149. The van der Waals surface area contributed by atoms with E-state index in [2.05, 4.69) is 30.1 Å². The molecule has 18 heavy (non-hydrogen) atoms. The van der Waals surface area contributed by atoms with Crippen LogP contribution in [0.4, 0.5) is 0 Å². The maximum absolute atomic E-state index is 5.91. The molecule has 1 aromatic heterocycles. The molecule has 0 radical (unpaired) electrons. The number of rotatable bonds is 3. The highest BCUT2D eigenvalue weighted by atomic mass is 32.1. The number of benzene rings is 1.